The van der Waals surface area contributed by atoms with Crippen molar-refractivity contribution in [3.63, 3.8) is 0 Å². The van der Waals surface area contributed by atoms with Gasteiger partial charge in [-0.05, 0) is 57.4 Å². The van der Waals surface area contributed by atoms with E-state index in [0.717, 1.165) is 5.69 Å². The average molecular weight is 248 g/mol. The molecule has 0 fully saturated rings. The summed E-state index contributed by atoms with van der Waals surface area (Å²) in [5, 5.41) is 0. The van der Waals surface area contributed by atoms with Crippen molar-refractivity contribution in [1.29, 1.82) is 0 Å². The highest BCUT2D eigenvalue weighted by Crippen LogP contribution is 2.19. The van der Waals surface area contributed by atoms with E-state index >= 15 is 0 Å². The molecule has 0 bridgehead atoms. The second-order valence-electron chi connectivity index (χ2n) is 5.79. The summed E-state index contributed by atoms with van der Waals surface area (Å²) in [5.41, 5.74) is 8.90. The maximum atomic E-state index is 12.1. The fourth-order valence-corrected chi connectivity index (χ4v) is 1.89. The van der Waals surface area contributed by atoms with Gasteiger partial charge in [-0.1, -0.05) is 6.07 Å². The van der Waals surface area contributed by atoms with E-state index in [9.17, 15) is 4.79 Å². The van der Waals surface area contributed by atoms with E-state index in [1.165, 1.54) is 11.1 Å². The molecule has 1 aromatic rings. The molecule has 0 spiro atoms. The van der Waals surface area contributed by atoms with Crippen molar-refractivity contribution in [2.24, 2.45) is 5.73 Å². The van der Waals surface area contributed by atoms with Crippen LogP contribution in [0.1, 0.15) is 37.8 Å². The first kappa shape index (κ1) is 14.7. The SMILES string of the molecule is Cc1cc(C)cc(N(C)C(=O)CCC(C)(C)N)c1. The molecule has 1 amide bonds. The van der Waals surface area contributed by atoms with Crippen LogP contribution in [0.25, 0.3) is 0 Å². The van der Waals surface area contributed by atoms with Crippen molar-refractivity contribution in [3.8, 4) is 0 Å². The van der Waals surface area contributed by atoms with Gasteiger partial charge in [-0.2, -0.15) is 0 Å². The van der Waals surface area contributed by atoms with Crippen LogP contribution in [-0.2, 0) is 4.79 Å². The zero-order valence-corrected chi connectivity index (χ0v) is 12.1. The molecule has 0 atom stereocenters. The number of hydrogen-bond donors (Lipinski definition) is 1. The van der Waals surface area contributed by atoms with Gasteiger partial charge in [0.25, 0.3) is 0 Å². The molecule has 0 aliphatic rings. The van der Waals surface area contributed by atoms with Crippen LogP contribution in [0.4, 0.5) is 5.69 Å². The summed E-state index contributed by atoms with van der Waals surface area (Å²) < 4.78 is 0. The second-order valence-corrected chi connectivity index (χ2v) is 5.79. The lowest BCUT2D eigenvalue weighted by Gasteiger charge is -2.22. The van der Waals surface area contributed by atoms with Gasteiger partial charge in [-0.3, -0.25) is 4.79 Å². The summed E-state index contributed by atoms with van der Waals surface area (Å²) in [6, 6.07) is 6.15. The Bertz CT molecular complexity index is 412. The molecule has 1 aromatic carbocycles. The lowest BCUT2D eigenvalue weighted by atomic mass is 9.99. The van der Waals surface area contributed by atoms with Crippen LogP contribution >= 0.6 is 0 Å². The van der Waals surface area contributed by atoms with Crippen LogP contribution in [-0.4, -0.2) is 18.5 Å². The Labute approximate surface area is 110 Å². The lowest BCUT2D eigenvalue weighted by molar-refractivity contribution is -0.118. The minimum Gasteiger partial charge on any atom is -0.326 e. The fraction of sp³-hybridized carbons (Fsp3) is 0.533. The number of carbonyl (C=O) groups excluding carboxylic acids is 1. The predicted molar refractivity (Wildman–Crippen MR) is 76.8 cm³/mol. The van der Waals surface area contributed by atoms with E-state index in [2.05, 4.69) is 6.07 Å². The van der Waals surface area contributed by atoms with Crippen molar-refractivity contribution in [2.75, 3.05) is 11.9 Å². The van der Waals surface area contributed by atoms with Crippen LogP contribution in [0.15, 0.2) is 18.2 Å². The zero-order chi connectivity index (χ0) is 13.9. The largest absolute Gasteiger partial charge is 0.326 e. The lowest BCUT2D eigenvalue weighted by Crippen LogP contribution is -2.35. The summed E-state index contributed by atoms with van der Waals surface area (Å²) in [5.74, 6) is 0.110. The van der Waals surface area contributed by atoms with Gasteiger partial charge in [-0.25, -0.2) is 0 Å². The minimum absolute atomic E-state index is 0.110. The topological polar surface area (TPSA) is 46.3 Å². The number of benzene rings is 1. The van der Waals surface area contributed by atoms with Gasteiger partial charge in [-0.15, -0.1) is 0 Å². The molecule has 0 saturated heterocycles. The van der Waals surface area contributed by atoms with Gasteiger partial charge < -0.3 is 10.6 Å². The summed E-state index contributed by atoms with van der Waals surface area (Å²) in [7, 11) is 1.82. The minimum atomic E-state index is -0.293. The first-order chi connectivity index (χ1) is 8.19. The normalized spacial score (nSPS) is 11.4. The van der Waals surface area contributed by atoms with Crippen molar-refractivity contribution >= 4 is 11.6 Å². The Kier molecular flexibility index (Phi) is 4.52. The van der Waals surface area contributed by atoms with Crippen LogP contribution in [0.2, 0.25) is 0 Å². The third-order valence-electron chi connectivity index (χ3n) is 2.95. The van der Waals surface area contributed by atoms with E-state index in [4.69, 9.17) is 5.73 Å². The molecule has 0 heterocycles. The Morgan fingerprint density at radius 3 is 2.17 bits per heavy atom. The number of anilines is 1. The Morgan fingerprint density at radius 1 is 1.22 bits per heavy atom. The number of nitrogens with zero attached hydrogens (tertiary/aromatic N) is 1. The molecule has 100 valence electrons. The quantitative estimate of drug-likeness (QED) is 0.890. The van der Waals surface area contributed by atoms with Gasteiger partial charge >= 0.3 is 0 Å². The molecule has 3 heteroatoms. The second kappa shape index (κ2) is 5.53. The first-order valence-corrected chi connectivity index (χ1v) is 6.33. The van der Waals surface area contributed by atoms with E-state index in [0.29, 0.717) is 12.8 Å². The summed E-state index contributed by atoms with van der Waals surface area (Å²) in [6.07, 6.45) is 1.17. The molecule has 0 unspecified atom stereocenters. The fourth-order valence-electron chi connectivity index (χ4n) is 1.89. The van der Waals surface area contributed by atoms with Crippen LogP contribution in [0.5, 0.6) is 0 Å². The number of nitrogens with two attached hydrogens (primary N) is 1. The standard InChI is InChI=1S/C15H24N2O/c1-11-8-12(2)10-13(9-11)17(5)14(18)6-7-15(3,4)16/h8-10H,6-7,16H2,1-5H3. The first-order valence-electron chi connectivity index (χ1n) is 6.33. The molecule has 0 radical (unpaired) electrons. The van der Waals surface area contributed by atoms with Gasteiger partial charge in [0.15, 0.2) is 0 Å². The van der Waals surface area contributed by atoms with Crippen LogP contribution in [0, 0.1) is 13.8 Å². The Morgan fingerprint density at radius 2 is 1.72 bits per heavy atom. The molecule has 0 saturated carbocycles. The number of carbonyl (C=O) groups is 1. The molecular weight excluding hydrogens is 224 g/mol. The summed E-state index contributed by atoms with van der Waals surface area (Å²) >= 11 is 0. The maximum Gasteiger partial charge on any atom is 0.226 e. The average Bonchev–Trinajstić information content (AvgIpc) is 2.22. The van der Waals surface area contributed by atoms with Crippen LogP contribution in [0.3, 0.4) is 0 Å². The number of rotatable bonds is 4. The van der Waals surface area contributed by atoms with E-state index in [-0.39, 0.29) is 11.4 Å². The van der Waals surface area contributed by atoms with E-state index in [1.54, 1.807) is 4.90 Å². The van der Waals surface area contributed by atoms with E-state index in [1.807, 2.05) is 46.9 Å². The smallest absolute Gasteiger partial charge is 0.226 e. The molecule has 0 aromatic heterocycles. The monoisotopic (exact) mass is 248 g/mol. The zero-order valence-electron chi connectivity index (χ0n) is 12.1. The van der Waals surface area contributed by atoms with Gasteiger partial charge in [0.2, 0.25) is 5.91 Å². The van der Waals surface area contributed by atoms with Gasteiger partial charge in [0.05, 0.1) is 0 Å². The summed E-state index contributed by atoms with van der Waals surface area (Å²) in [6.45, 7) is 7.96. The molecule has 1 rings (SSSR count). The van der Waals surface area contributed by atoms with Crippen molar-refractivity contribution in [2.45, 2.75) is 46.1 Å². The Balaban J connectivity index is 2.74. The van der Waals surface area contributed by atoms with Gasteiger partial charge in [0, 0.05) is 24.7 Å². The molecular formula is C15H24N2O. The molecule has 3 nitrogen and oxygen atoms in total. The third kappa shape index (κ3) is 4.49. The van der Waals surface area contributed by atoms with Crippen molar-refractivity contribution in [3.05, 3.63) is 29.3 Å². The van der Waals surface area contributed by atoms with E-state index < -0.39 is 0 Å². The molecule has 18 heavy (non-hydrogen) atoms. The maximum absolute atomic E-state index is 12.1. The number of amides is 1. The summed E-state index contributed by atoms with van der Waals surface area (Å²) in [4.78, 5) is 13.8. The predicted octanol–water partition coefficient (Wildman–Crippen LogP) is 2.78. The molecule has 0 aliphatic carbocycles. The number of aryl methyl sites for hydroxylation is 2. The van der Waals surface area contributed by atoms with Crippen molar-refractivity contribution < 1.29 is 4.79 Å². The highest BCUT2D eigenvalue weighted by atomic mass is 16.2. The Hall–Kier alpha value is -1.35. The third-order valence-corrected chi connectivity index (χ3v) is 2.95. The molecule has 0 aliphatic heterocycles. The number of hydrogen-bond acceptors (Lipinski definition) is 2. The molecule has 2 N–H and O–H groups in total. The van der Waals surface area contributed by atoms with Gasteiger partial charge in [0.1, 0.15) is 0 Å². The van der Waals surface area contributed by atoms with Crippen molar-refractivity contribution in [1.82, 2.24) is 0 Å². The van der Waals surface area contributed by atoms with Crippen LogP contribution < -0.4 is 10.6 Å². The highest BCUT2D eigenvalue weighted by Gasteiger charge is 2.16. The highest BCUT2D eigenvalue weighted by molar-refractivity contribution is 5.93.